The number of para-hydroxylation sites is 1. The highest BCUT2D eigenvalue weighted by Gasteiger charge is 2.40. The molecule has 1 N–H and O–H groups in total. The minimum Gasteiger partial charge on any atom is -0.360 e. The van der Waals surface area contributed by atoms with Gasteiger partial charge in [-0.15, -0.1) is 0 Å². The number of allylic oxidation sites excluding steroid dienone is 1. The molecular formula is C25H24N2O3S. The van der Waals surface area contributed by atoms with Crippen LogP contribution in [-0.2, 0) is 23.0 Å². The van der Waals surface area contributed by atoms with Gasteiger partial charge in [0, 0.05) is 17.5 Å². The number of aryl methyl sites for hydroxylation is 2. The molecule has 0 atom stereocenters. The zero-order chi connectivity index (χ0) is 22.0. The average Bonchev–Trinajstić information content (AvgIpc) is 2.78. The van der Waals surface area contributed by atoms with Gasteiger partial charge in [0.1, 0.15) is 0 Å². The number of benzene rings is 3. The van der Waals surface area contributed by atoms with Crippen LogP contribution in [0.2, 0.25) is 0 Å². The summed E-state index contributed by atoms with van der Waals surface area (Å²) in [5.41, 5.74) is 4.62. The van der Waals surface area contributed by atoms with E-state index in [1.54, 1.807) is 24.3 Å². The number of Topliss-reactive ketones (excluding diaryl/α,β-unsaturated/α-hetero) is 1. The van der Waals surface area contributed by atoms with E-state index in [4.69, 9.17) is 0 Å². The molecule has 6 heteroatoms. The summed E-state index contributed by atoms with van der Waals surface area (Å²) in [7, 11) is -4.04. The van der Waals surface area contributed by atoms with Crippen LogP contribution in [0.3, 0.4) is 0 Å². The topological polar surface area (TPSA) is 66.5 Å². The molecule has 4 rings (SSSR count). The summed E-state index contributed by atoms with van der Waals surface area (Å²) >= 11 is 0. The normalized spacial score (nSPS) is 16.3. The highest BCUT2D eigenvalue weighted by atomic mass is 32.2. The number of sulfonamides is 1. The number of fused-ring (bicyclic) bond motifs is 1. The van der Waals surface area contributed by atoms with Gasteiger partial charge in [-0.1, -0.05) is 61.0 Å². The highest BCUT2D eigenvalue weighted by Crippen LogP contribution is 2.36. The summed E-state index contributed by atoms with van der Waals surface area (Å²) in [6, 6.07) is 22.2. The molecule has 158 valence electrons. The number of ketones is 1. The molecule has 3 aromatic carbocycles. The number of hydrogen-bond donors (Lipinski definition) is 1. The van der Waals surface area contributed by atoms with Crippen LogP contribution < -0.4 is 9.62 Å². The first kappa shape index (κ1) is 20.9. The Morgan fingerprint density at radius 2 is 1.55 bits per heavy atom. The number of anilines is 2. The van der Waals surface area contributed by atoms with Crippen molar-refractivity contribution in [3.05, 3.63) is 106 Å². The van der Waals surface area contributed by atoms with E-state index in [1.165, 1.54) is 16.1 Å². The molecule has 0 saturated heterocycles. The molecule has 1 aliphatic heterocycles. The van der Waals surface area contributed by atoms with Crippen molar-refractivity contribution >= 4 is 27.2 Å². The SMILES string of the molecule is CCc1ccc(NC=C2C(=O)c3ccccc3N(Cc3ccc(C)cc3)S2(=O)=O)cc1. The van der Waals surface area contributed by atoms with Gasteiger partial charge in [-0.25, -0.2) is 8.42 Å². The van der Waals surface area contributed by atoms with Crippen molar-refractivity contribution < 1.29 is 13.2 Å². The van der Waals surface area contributed by atoms with E-state index in [1.807, 2.05) is 55.5 Å². The fraction of sp³-hybridized carbons (Fsp3) is 0.160. The van der Waals surface area contributed by atoms with Crippen molar-refractivity contribution in [2.75, 3.05) is 9.62 Å². The lowest BCUT2D eigenvalue weighted by atomic mass is 10.1. The summed E-state index contributed by atoms with van der Waals surface area (Å²) in [6.07, 6.45) is 2.22. The Morgan fingerprint density at radius 1 is 0.903 bits per heavy atom. The number of hydrogen-bond acceptors (Lipinski definition) is 4. The van der Waals surface area contributed by atoms with Crippen molar-refractivity contribution in [1.29, 1.82) is 0 Å². The van der Waals surface area contributed by atoms with E-state index in [9.17, 15) is 13.2 Å². The van der Waals surface area contributed by atoms with Crippen LogP contribution in [-0.4, -0.2) is 14.2 Å². The molecule has 0 aliphatic carbocycles. The van der Waals surface area contributed by atoms with Gasteiger partial charge in [-0.3, -0.25) is 9.10 Å². The Bertz CT molecular complexity index is 1240. The van der Waals surface area contributed by atoms with Gasteiger partial charge < -0.3 is 5.32 Å². The molecule has 3 aromatic rings. The van der Waals surface area contributed by atoms with Crippen LogP contribution in [0.25, 0.3) is 0 Å². The zero-order valence-electron chi connectivity index (χ0n) is 17.5. The molecule has 0 aromatic heterocycles. The first-order valence-electron chi connectivity index (χ1n) is 10.2. The number of carbonyl (C=O) groups excluding carboxylic acids is 1. The Balaban J connectivity index is 1.74. The highest BCUT2D eigenvalue weighted by molar-refractivity contribution is 7.97. The van der Waals surface area contributed by atoms with Gasteiger partial charge in [0.2, 0.25) is 5.78 Å². The third kappa shape index (κ3) is 4.11. The first-order chi connectivity index (χ1) is 14.9. The molecule has 0 saturated carbocycles. The van der Waals surface area contributed by atoms with Crippen LogP contribution in [0.5, 0.6) is 0 Å². The molecule has 1 heterocycles. The van der Waals surface area contributed by atoms with E-state index in [2.05, 4.69) is 12.2 Å². The summed E-state index contributed by atoms with van der Waals surface area (Å²) < 4.78 is 28.3. The molecule has 31 heavy (non-hydrogen) atoms. The number of nitrogens with one attached hydrogen (secondary N) is 1. The van der Waals surface area contributed by atoms with Crippen molar-refractivity contribution in [3.63, 3.8) is 0 Å². The van der Waals surface area contributed by atoms with E-state index in [0.29, 0.717) is 11.3 Å². The lowest BCUT2D eigenvalue weighted by Crippen LogP contribution is -2.39. The predicted molar refractivity (Wildman–Crippen MR) is 125 cm³/mol. The van der Waals surface area contributed by atoms with Gasteiger partial charge in [0.25, 0.3) is 10.0 Å². The molecule has 0 unspecified atom stereocenters. The van der Waals surface area contributed by atoms with Crippen molar-refractivity contribution in [2.45, 2.75) is 26.8 Å². The van der Waals surface area contributed by atoms with E-state index in [-0.39, 0.29) is 11.4 Å². The summed E-state index contributed by atoms with van der Waals surface area (Å²) in [4.78, 5) is 12.8. The maximum Gasteiger partial charge on any atom is 0.270 e. The predicted octanol–water partition coefficient (Wildman–Crippen LogP) is 5.04. The fourth-order valence-electron chi connectivity index (χ4n) is 3.54. The molecule has 0 amide bonds. The second-order valence-corrected chi connectivity index (χ2v) is 9.38. The van der Waals surface area contributed by atoms with Crippen LogP contribution in [0, 0.1) is 6.92 Å². The van der Waals surface area contributed by atoms with Crippen molar-refractivity contribution in [2.24, 2.45) is 0 Å². The minimum atomic E-state index is -4.04. The largest absolute Gasteiger partial charge is 0.360 e. The molecular weight excluding hydrogens is 408 g/mol. The second kappa shape index (κ2) is 8.40. The van der Waals surface area contributed by atoms with Gasteiger partial charge in [0.15, 0.2) is 4.91 Å². The van der Waals surface area contributed by atoms with Crippen LogP contribution in [0.1, 0.15) is 34.0 Å². The Morgan fingerprint density at radius 3 is 2.23 bits per heavy atom. The smallest absolute Gasteiger partial charge is 0.270 e. The molecule has 1 aliphatic rings. The quantitative estimate of drug-likeness (QED) is 0.574. The van der Waals surface area contributed by atoms with Crippen LogP contribution in [0.4, 0.5) is 11.4 Å². The third-order valence-electron chi connectivity index (χ3n) is 5.39. The second-order valence-electron chi connectivity index (χ2n) is 7.55. The van der Waals surface area contributed by atoms with E-state index >= 15 is 0 Å². The average molecular weight is 433 g/mol. The molecule has 0 spiro atoms. The maximum atomic E-state index is 13.5. The monoisotopic (exact) mass is 432 g/mol. The summed E-state index contributed by atoms with van der Waals surface area (Å²) in [6.45, 7) is 4.20. The Hall–Kier alpha value is -3.38. The number of nitrogens with zero attached hydrogens (tertiary/aromatic N) is 1. The molecule has 0 radical (unpaired) electrons. The number of rotatable bonds is 5. The summed E-state index contributed by atoms with van der Waals surface area (Å²) in [5, 5.41) is 2.99. The minimum absolute atomic E-state index is 0.148. The van der Waals surface area contributed by atoms with Crippen LogP contribution in [0.15, 0.2) is 83.9 Å². The lowest BCUT2D eigenvalue weighted by molar-refractivity contribution is 0.104. The summed E-state index contributed by atoms with van der Waals surface area (Å²) in [5.74, 6) is -0.506. The van der Waals surface area contributed by atoms with E-state index < -0.39 is 15.8 Å². The maximum absolute atomic E-state index is 13.5. The van der Waals surface area contributed by atoms with Crippen molar-refractivity contribution in [3.8, 4) is 0 Å². The van der Waals surface area contributed by atoms with Gasteiger partial charge in [0.05, 0.1) is 12.2 Å². The Labute approximate surface area is 183 Å². The van der Waals surface area contributed by atoms with Gasteiger partial charge in [-0.05, 0) is 48.7 Å². The standard InChI is InChI=1S/C25H24N2O3S/c1-3-19-12-14-21(15-13-19)26-16-24-25(28)22-6-4-5-7-23(22)27(31(24,29)30)17-20-10-8-18(2)9-11-20/h4-16,26H,3,17H2,1-2H3. The van der Waals surface area contributed by atoms with Gasteiger partial charge >= 0.3 is 0 Å². The van der Waals surface area contributed by atoms with Gasteiger partial charge in [-0.2, -0.15) is 0 Å². The van der Waals surface area contributed by atoms with Crippen molar-refractivity contribution in [1.82, 2.24) is 0 Å². The third-order valence-corrected chi connectivity index (χ3v) is 7.15. The first-order valence-corrected chi connectivity index (χ1v) is 11.6. The zero-order valence-corrected chi connectivity index (χ0v) is 18.3. The van der Waals surface area contributed by atoms with E-state index in [0.717, 1.165) is 23.2 Å². The Kier molecular flexibility index (Phi) is 5.65. The molecule has 0 bridgehead atoms. The molecule has 0 fully saturated rings. The number of carbonyl (C=O) groups is 1. The van der Waals surface area contributed by atoms with Crippen LogP contribution >= 0.6 is 0 Å². The molecule has 5 nitrogen and oxygen atoms in total. The fourth-order valence-corrected chi connectivity index (χ4v) is 5.06. The lowest BCUT2D eigenvalue weighted by Gasteiger charge is -2.31.